The molecule has 50 heavy (non-hydrogen) atoms. The summed E-state index contributed by atoms with van der Waals surface area (Å²) in [4.78, 5) is 29.1. The van der Waals surface area contributed by atoms with E-state index in [9.17, 15) is 9.59 Å². The van der Waals surface area contributed by atoms with Crippen LogP contribution in [0.2, 0.25) is 0 Å². The van der Waals surface area contributed by atoms with Crippen molar-refractivity contribution in [1.29, 1.82) is 0 Å². The summed E-state index contributed by atoms with van der Waals surface area (Å²) in [5.74, 6) is 4.60. The maximum atomic E-state index is 12.1. The predicted molar refractivity (Wildman–Crippen MR) is 220 cm³/mol. The van der Waals surface area contributed by atoms with Gasteiger partial charge in [0.1, 0.15) is 0 Å². The summed E-state index contributed by atoms with van der Waals surface area (Å²) in [5.41, 5.74) is 0. The van der Waals surface area contributed by atoms with Crippen molar-refractivity contribution in [3.8, 4) is 0 Å². The van der Waals surface area contributed by atoms with Gasteiger partial charge in [0.15, 0.2) is 0 Å². The Labute approximate surface area is 318 Å². The van der Waals surface area contributed by atoms with E-state index in [0.29, 0.717) is 26.2 Å². The second-order valence-electron chi connectivity index (χ2n) is 14.4. The Morgan fingerprint density at radius 3 is 1.42 bits per heavy atom. The number of piperazine rings is 1. The Hall–Kier alpha value is -0.640. The van der Waals surface area contributed by atoms with Gasteiger partial charge in [-0.15, -0.1) is 0 Å². The molecule has 0 aromatic carbocycles. The minimum absolute atomic E-state index is 0.0326. The van der Waals surface area contributed by atoms with Gasteiger partial charge < -0.3 is 24.6 Å². The maximum absolute atomic E-state index is 12.1. The van der Waals surface area contributed by atoms with E-state index in [1.807, 2.05) is 23.5 Å². The van der Waals surface area contributed by atoms with Crippen LogP contribution in [0.1, 0.15) is 168 Å². The summed E-state index contributed by atoms with van der Waals surface area (Å²) in [5, 5.41) is 2.91. The molecule has 1 heterocycles. The highest BCUT2D eigenvalue weighted by Crippen LogP contribution is 2.14. The highest BCUT2D eigenvalue weighted by molar-refractivity contribution is 7.99. The number of amides is 1. The number of unbranched alkanes of at least 4 members (excludes halogenated alkanes) is 17. The maximum Gasteiger partial charge on any atom is 0.407 e. The fraction of sp³-hybridized carbons (Fsp3) is 0.951. The standard InChI is InChI=1S/C41H81N3O4S2/c1-3-5-7-9-11-13-15-17-21-36-49-38-24-34-47-40(45)26-19-20-28-43-30-32-44(33-31-43)29-23-27-42-41(46)48-35-25-39-50-37-22-18-16-14-12-10-8-6-4-2/h3-39H2,1-2H3,(H,42,46). The van der Waals surface area contributed by atoms with Crippen molar-refractivity contribution < 1.29 is 19.1 Å². The van der Waals surface area contributed by atoms with Crippen molar-refractivity contribution >= 4 is 35.6 Å². The zero-order chi connectivity index (χ0) is 36.0. The minimum Gasteiger partial charge on any atom is -0.466 e. The summed E-state index contributed by atoms with van der Waals surface area (Å²) >= 11 is 4.00. The van der Waals surface area contributed by atoms with Crippen LogP contribution in [0.25, 0.3) is 0 Å². The monoisotopic (exact) mass is 744 g/mol. The lowest BCUT2D eigenvalue weighted by Crippen LogP contribution is -2.47. The van der Waals surface area contributed by atoms with Gasteiger partial charge in [0.25, 0.3) is 0 Å². The third-order valence-electron chi connectivity index (χ3n) is 9.64. The molecule has 1 N–H and O–H groups in total. The molecule has 0 aliphatic carbocycles. The zero-order valence-corrected chi connectivity index (χ0v) is 34.6. The quantitative estimate of drug-likeness (QED) is 0.0498. The number of alkyl carbamates (subject to hydrolysis) is 1. The largest absolute Gasteiger partial charge is 0.466 e. The molecule has 1 aliphatic heterocycles. The molecule has 1 rings (SSSR count). The average molecular weight is 744 g/mol. The molecule has 0 atom stereocenters. The number of ether oxygens (including phenoxy) is 2. The van der Waals surface area contributed by atoms with Crippen molar-refractivity contribution in [1.82, 2.24) is 15.1 Å². The molecular formula is C41H81N3O4S2. The first-order valence-corrected chi connectivity index (χ1v) is 23.6. The van der Waals surface area contributed by atoms with Gasteiger partial charge in [-0.2, -0.15) is 23.5 Å². The van der Waals surface area contributed by atoms with E-state index in [4.69, 9.17) is 9.47 Å². The molecule has 0 bridgehead atoms. The van der Waals surface area contributed by atoms with Crippen molar-refractivity contribution in [3.63, 3.8) is 0 Å². The van der Waals surface area contributed by atoms with E-state index in [1.165, 1.54) is 127 Å². The van der Waals surface area contributed by atoms with Crippen LogP contribution in [0, 0.1) is 0 Å². The van der Waals surface area contributed by atoms with E-state index in [2.05, 4.69) is 29.0 Å². The second-order valence-corrected chi connectivity index (χ2v) is 16.8. The Bertz CT molecular complexity index is 681. The van der Waals surface area contributed by atoms with Crippen molar-refractivity contribution in [2.24, 2.45) is 0 Å². The lowest BCUT2D eigenvalue weighted by atomic mass is 10.1. The van der Waals surface area contributed by atoms with Crippen molar-refractivity contribution in [2.45, 2.75) is 168 Å². The Morgan fingerprint density at radius 2 is 0.920 bits per heavy atom. The number of nitrogens with one attached hydrogen (secondary N) is 1. The molecule has 1 aliphatic rings. The number of thioether (sulfide) groups is 2. The third-order valence-corrected chi connectivity index (χ3v) is 11.9. The molecule has 0 saturated carbocycles. The van der Waals surface area contributed by atoms with Gasteiger partial charge in [0.2, 0.25) is 0 Å². The predicted octanol–water partition coefficient (Wildman–Crippen LogP) is 10.7. The molecule has 0 spiro atoms. The number of carbonyl (C=O) groups is 2. The smallest absolute Gasteiger partial charge is 0.407 e. The minimum atomic E-state index is -0.277. The molecule has 9 heteroatoms. The Kier molecular flexibility index (Phi) is 36.1. The molecular weight excluding hydrogens is 663 g/mol. The van der Waals surface area contributed by atoms with Crippen LogP contribution in [0.15, 0.2) is 0 Å². The average Bonchev–Trinajstić information content (AvgIpc) is 3.12. The molecule has 0 aromatic heterocycles. The first-order valence-electron chi connectivity index (χ1n) is 21.3. The van der Waals surface area contributed by atoms with Crippen LogP contribution in [-0.4, -0.2) is 104 Å². The van der Waals surface area contributed by atoms with E-state index in [0.717, 1.165) is 82.9 Å². The zero-order valence-electron chi connectivity index (χ0n) is 33.0. The SMILES string of the molecule is CCCCCCCCCCCSCCCOC(=O)CCCCN1CCN(CCCNC(=O)OCCCSCCCCCCCCCCC)CC1. The number of nitrogens with zero attached hydrogens (tertiary/aromatic N) is 2. The van der Waals surface area contributed by atoms with Gasteiger partial charge >= 0.3 is 12.1 Å². The first kappa shape index (κ1) is 47.4. The van der Waals surface area contributed by atoms with Crippen LogP contribution < -0.4 is 5.32 Å². The molecule has 7 nitrogen and oxygen atoms in total. The Morgan fingerprint density at radius 1 is 0.500 bits per heavy atom. The highest BCUT2D eigenvalue weighted by atomic mass is 32.2. The van der Waals surface area contributed by atoms with Gasteiger partial charge in [0, 0.05) is 39.1 Å². The van der Waals surface area contributed by atoms with E-state index in [-0.39, 0.29) is 12.1 Å². The molecule has 0 aromatic rings. The van der Waals surface area contributed by atoms with Crippen LogP contribution in [0.4, 0.5) is 4.79 Å². The summed E-state index contributed by atoms with van der Waals surface area (Å²) in [6, 6.07) is 0. The van der Waals surface area contributed by atoms with Gasteiger partial charge in [-0.25, -0.2) is 4.79 Å². The van der Waals surface area contributed by atoms with Gasteiger partial charge in [-0.05, 0) is 81.0 Å². The first-order chi connectivity index (χ1) is 24.7. The van der Waals surface area contributed by atoms with E-state index >= 15 is 0 Å². The number of hydrogen-bond acceptors (Lipinski definition) is 8. The summed E-state index contributed by atoms with van der Waals surface area (Å²) in [6.07, 6.45) is 29.9. The molecule has 0 radical (unpaired) electrons. The molecule has 296 valence electrons. The number of rotatable bonds is 37. The summed E-state index contributed by atoms with van der Waals surface area (Å²) < 4.78 is 10.8. The number of hydrogen-bond donors (Lipinski definition) is 1. The molecule has 1 saturated heterocycles. The molecule has 1 fully saturated rings. The second kappa shape index (κ2) is 38.1. The lowest BCUT2D eigenvalue weighted by molar-refractivity contribution is -0.143. The highest BCUT2D eigenvalue weighted by Gasteiger charge is 2.16. The fourth-order valence-corrected chi connectivity index (χ4v) is 8.23. The van der Waals surface area contributed by atoms with Gasteiger partial charge in [-0.3, -0.25) is 4.79 Å². The summed E-state index contributed by atoms with van der Waals surface area (Å²) in [6.45, 7) is 12.7. The van der Waals surface area contributed by atoms with E-state index in [1.54, 1.807) is 0 Å². The topological polar surface area (TPSA) is 71.1 Å². The van der Waals surface area contributed by atoms with E-state index < -0.39 is 0 Å². The van der Waals surface area contributed by atoms with Crippen molar-refractivity contribution in [2.75, 3.05) is 82.0 Å². The summed E-state index contributed by atoms with van der Waals surface area (Å²) in [7, 11) is 0. The lowest BCUT2D eigenvalue weighted by Gasteiger charge is -2.34. The molecule has 0 unspecified atom stereocenters. The van der Waals surface area contributed by atoms with Crippen LogP contribution in [0.5, 0.6) is 0 Å². The molecule has 1 amide bonds. The third kappa shape index (κ3) is 33.2. The van der Waals surface area contributed by atoms with Crippen LogP contribution in [-0.2, 0) is 14.3 Å². The van der Waals surface area contributed by atoms with Gasteiger partial charge in [-0.1, -0.05) is 117 Å². The van der Waals surface area contributed by atoms with Gasteiger partial charge in [0.05, 0.1) is 13.2 Å². The van der Waals surface area contributed by atoms with Crippen LogP contribution >= 0.6 is 23.5 Å². The van der Waals surface area contributed by atoms with Crippen LogP contribution in [0.3, 0.4) is 0 Å². The fourth-order valence-electron chi connectivity index (χ4n) is 6.36. The normalized spacial score (nSPS) is 13.9. The number of carbonyl (C=O) groups excluding carboxylic acids is 2. The van der Waals surface area contributed by atoms with Crippen molar-refractivity contribution in [3.05, 3.63) is 0 Å². The number of esters is 1. The Balaban J connectivity index is 1.81.